The Labute approximate surface area is 210 Å². The highest BCUT2D eigenvalue weighted by atomic mass is 16.5. The Hall–Kier alpha value is -4.26. The molecule has 1 aliphatic heterocycles. The van der Waals surface area contributed by atoms with E-state index in [0.717, 1.165) is 39.5 Å². The summed E-state index contributed by atoms with van der Waals surface area (Å²) in [6.45, 7) is 1.48. The van der Waals surface area contributed by atoms with Gasteiger partial charge >= 0.3 is 0 Å². The molecule has 0 radical (unpaired) electrons. The molecule has 36 heavy (non-hydrogen) atoms. The van der Waals surface area contributed by atoms with E-state index in [1.54, 1.807) is 14.2 Å². The zero-order valence-corrected chi connectivity index (χ0v) is 20.6. The summed E-state index contributed by atoms with van der Waals surface area (Å²) in [5.41, 5.74) is 6.23. The summed E-state index contributed by atoms with van der Waals surface area (Å²) in [6, 6.07) is 21.1. The molecule has 0 bridgehead atoms. The van der Waals surface area contributed by atoms with Gasteiger partial charge in [0.1, 0.15) is 0 Å². The summed E-state index contributed by atoms with van der Waals surface area (Å²) >= 11 is 0. The third-order valence-corrected chi connectivity index (χ3v) is 6.75. The number of para-hydroxylation sites is 2. The van der Waals surface area contributed by atoms with Gasteiger partial charge in [0.15, 0.2) is 17.3 Å². The molecule has 2 atom stereocenters. The largest absolute Gasteiger partial charge is 0.493 e. The van der Waals surface area contributed by atoms with E-state index in [2.05, 4.69) is 16.0 Å². The monoisotopic (exact) mass is 483 g/mol. The summed E-state index contributed by atoms with van der Waals surface area (Å²) < 4.78 is 10.9. The number of carbonyl (C=O) groups excluding carboxylic acids is 2. The number of anilines is 3. The summed E-state index contributed by atoms with van der Waals surface area (Å²) in [6.07, 6.45) is 1.08. The highest BCUT2D eigenvalue weighted by molar-refractivity contribution is 6.01. The SMILES string of the molecule is COc1ccc(C2CC(=O)C3=C(C2)Nc2ccccc2NC3c2ccc(NC(C)=O)cc2)cc1OC. The molecule has 2 aliphatic rings. The Balaban J connectivity index is 1.54. The third kappa shape index (κ3) is 4.52. The number of nitrogens with one attached hydrogen (secondary N) is 3. The van der Waals surface area contributed by atoms with Crippen molar-refractivity contribution in [1.29, 1.82) is 0 Å². The van der Waals surface area contributed by atoms with Crippen LogP contribution < -0.4 is 25.4 Å². The molecule has 7 nitrogen and oxygen atoms in total. The lowest BCUT2D eigenvalue weighted by atomic mass is 9.78. The van der Waals surface area contributed by atoms with Gasteiger partial charge in [-0.2, -0.15) is 0 Å². The van der Waals surface area contributed by atoms with Crippen molar-refractivity contribution >= 4 is 28.8 Å². The number of allylic oxidation sites excluding steroid dienone is 1. The standard InChI is InChI=1S/C29H29N3O4/c1-17(33)30-21-11-8-18(9-12-21)29-28-24(31-22-6-4-5-7-23(22)32-29)14-20(15-25(28)34)19-10-13-26(35-2)27(16-19)36-3/h4-13,16,20,29,31-32H,14-15H2,1-3H3,(H,30,33). The summed E-state index contributed by atoms with van der Waals surface area (Å²) in [4.78, 5) is 25.2. The van der Waals surface area contributed by atoms with E-state index in [0.29, 0.717) is 24.3 Å². The second-order valence-electron chi connectivity index (χ2n) is 9.09. The second-order valence-corrected chi connectivity index (χ2v) is 9.09. The van der Waals surface area contributed by atoms with E-state index in [9.17, 15) is 9.59 Å². The van der Waals surface area contributed by atoms with Crippen LogP contribution in [0.5, 0.6) is 11.5 Å². The molecular weight excluding hydrogens is 454 g/mol. The number of hydrogen-bond acceptors (Lipinski definition) is 6. The maximum Gasteiger partial charge on any atom is 0.221 e. The first-order valence-corrected chi connectivity index (χ1v) is 11.9. The molecule has 0 saturated heterocycles. The molecule has 0 saturated carbocycles. The van der Waals surface area contributed by atoms with Crippen molar-refractivity contribution in [3.05, 3.63) is 89.1 Å². The van der Waals surface area contributed by atoms with E-state index in [1.165, 1.54) is 6.92 Å². The molecule has 3 N–H and O–H groups in total. The Morgan fingerprint density at radius 3 is 2.28 bits per heavy atom. The highest BCUT2D eigenvalue weighted by Crippen LogP contribution is 2.45. The number of benzene rings is 3. The fourth-order valence-electron chi connectivity index (χ4n) is 5.05. The molecule has 1 heterocycles. The van der Waals surface area contributed by atoms with Crippen LogP contribution in [0.2, 0.25) is 0 Å². The molecular formula is C29H29N3O4. The Morgan fingerprint density at radius 2 is 1.58 bits per heavy atom. The Kier molecular flexibility index (Phi) is 6.38. The average Bonchev–Trinajstić information content (AvgIpc) is 3.05. The van der Waals surface area contributed by atoms with Crippen molar-refractivity contribution in [3.63, 3.8) is 0 Å². The van der Waals surface area contributed by atoms with Gasteiger partial charge in [-0.1, -0.05) is 30.3 Å². The molecule has 1 amide bonds. The van der Waals surface area contributed by atoms with Gasteiger partial charge in [-0.05, 0) is 59.9 Å². The van der Waals surface area contributed by atoms with Crippen LogP contribution in [0.4, 0.5) is 17.1 Å². The van der Waals surface area contributed by atoms with E-state index in [4.69, 9.17) is 9.47 Å². The summed E-state index contributed by atoms with van der Waals surface area (Å²) in [7, 11) is 3.23. The highest BCUT2D eigenvalue weighted by Gasteiger charge is 2.36. The minimum Gasteiger partial charge on any atom is -0.493 e. The normalized spacial score (nSPS) is 18.7. The molecule has 0 fully saturated rings. The molecule has 0 spiro atoms. The van der Waals surface area contributed by atoms with E-state index in [-0.39, 0.29) is 23.7 Å². The van der Waals surface area contributed by atoms with Crippen molar-refractivity contribution in [2.24, 2.45) is 0 Å². The maximum atomic E-state index is 13.7. The van der Waals surface area contributed by atoms with Gasteiger partial charge in [0.25, 0.3) is 0 Å². The van der Waals surface area contributed by atoms with Crippen molar-refractivity contribution in [3.8, 4) is 11.5 Å². The number of ether oxygens (including phenoxy) is 2. The maximum absolute atomic E-state index is 13.7. The first kappa shape index (κ1) is 23.5. The van der Waals surface area contributed by atoms with E-state index < -0.39 is 0 Å². The van der Waals surface area contributed by atoms with Crippen LogP contribution in [-0.2, 0) is 9.59 Å². The average molecular weight is 484 g/mol. The fraction of sp³-hybridized carbons (Fsp3) is 0.241. The number of Topliss-reactive ketones (excluding diaryl/α,β-unsaturated/α-hetero) is 1. The number of methoxy groups -OCH3 is 2. The van der Waals surface area contributed by atoms with Gasteiger partial charge in [-0.3, -0.25) is 9.59 Å². The van der Waals surface area contributed by atoms with E-state index in [1.807, 2.05) is 66.7 Å². The minimum atomic E-state index is -0.318. The molecule has 5 rings (SSSR count). The number of ketones is 1. The van der Waals surface area contributed by atoms with Crippen LogP contribution in [0.3, 0.4) is 0 Å². The molecule has 2 unspecified atom stereocenters. The first-order chi connectivity index (χ1) is 17.5. The van der Waals surface area contributed by atoms with Crippen LogP contribution in [0.15, 0.2) is 78.0 Å². The molecule has 3 aromatic rings. The lowest BCUT2D eigenvalue weighted by Gasteiger charge is -2.30. The van der Waals surface area contributed by atoms with Gasteiger partial charge < -0.3 is 25.4 Å². The number of rotatable bonds is 5. The summed E-state index contributed by atoms with van der Waals surface area (Å²) in [5, 5.41) is 9.95. The minimum absolute atomic E-state index is 0.0108. The van der Waals surface area contributed by atoms with Gasteiger partial charge in [-0.25, -0.2) is 0 Å². The number of hydrogen-bond donors (Lipinski definition) is 3. The quantitative estimate of drug-likeness (QED) is 0.435. The number of amides is 1. The van der Waals surface area contributed by atoms with Gasteiger partial charge in [-0.15, -0.1) is 0 Å². The number of fused-ring (bicyclic) bond motifs is 1. The predicted octanol–water partition coefficient (Wildman–Crippen LogP) is 5.64. The molecule has 7 heteroatoms. The lowest BCUT2D eigenvalue weighted by molar-refractivity contribution is -0.116. The molecule has 0 aromatic heterocycles. The Bertz CT molecular complexity index is 1350. The molecule has 184 valence electrons. The molecule has 1 aliphatic carbocycles. The zero-order valence-electron chi connectivity index (χ0n) is 20.6. The Morgan fingerprint density at radius 1 is 0.889 bits per heavy atom. The lowest BCUT2D eigenvalue weighted by Crippen LogP contribution is -2.26. The fourth-order valence-corrected chi connectivity index (χ4v) is 5.05. The van der Waals surface area contributed by atoms with Crippen molar-refractivity contribution in [2.75, 3.05) is 30.2 Å². The van der Waals surface area contributed by atoms with Gasteiger partial charge in [0, 0.05) is 30.3 Å². The first-order valence-electron chi connectivity index (χ1n) is 11.9. The number of carbonyl (C=O) groups is 2. The van der Waals surface area contributed by atoms with Crippen LogP contribution in [0.1, 0.15) is 42.9 Å². The van der Waals surface area contributed by atoms with Gasteiger partial charge in [0.2, 0.25) is 5.91 Å². The van der Waals surface area contributed by atoms with Gasteiger partial charge in [0.05, 0.1) is 31.6 Å². The van der Waals surface area contributed by atoms with E-state index >= 15 is 0 Å². The van der Waals surface area contributed by atoms with Crippen LogP contribution >= 0.6 is 0 Å². The van der Waals surface area contributed by atoms with Crippen molar-refractivity contribution in [1.82, 2.24) is 0 Å². The predicted molar refractivity (Wildman–Crippen MR) is 141 cm³/mol. The third-order valence-electron chi connectivity index (χ3n) is 6.75. The van der Waals surface area contributed by atoms with Crippen LogP contribution in [0.25, 0.3) is 0 Å². The topological polar surface area (TPSA) is 88.7 Å². The summed E-state index contributed by atoms with van der Waals surface area (Å²) in [5.74, 6) is 1.30. The van der Waals surface area contributed by atoms with Crippen LogP contribution in [-0.4, -0.2) is 25.9 Å². The van der Waals surface area contributed by atoms with Crippen molar-refractivity contribution < 1.29 is 19.1 Å². The smallest absolute Gasteiger partial charge is 0.221 e. The van der Waals surface area contributed by atoms with Crippen LogP contribution in [0, 0.1) is 0 Å². The zero-order chi connectivity index (χ0) is 25.2. The van der Waals surface area contributed by atoms with Crippen molar-refractivity contribution in [2.45, 2.75) is 31.7 Å². The molecule has 3 aromatic carbocycles. The second kappa shape index (κ2) is 9.77.